The molecule has 1 N–H and O–H groups in total. The van der Waals surface area contributed by atoms with E-state index in [1.807, 2.05) is 10.6 Å². The van der Waals surface area contributed by atoms with Crippen LogP contribution < -0.4 is 0 Å². The van der Waals surface area contributed by atoms with Gasteiger partial charge in [0.1, 0.15) is 11.5 Å². The van der Waals surface area contributed by atoms with E-state index in [4.69, 9.17) is 0 Å². The Morgan fingerprint density at radius 2 is 1.90 bits per heavy atom. The molecule has 0 saturated heterocycles. The van der Waals surface area contributed by atoms with Crippen molar-refractivity contribution in [1.82, 2.24) is 29.6 Å². The molecule has 0 aliphatic carbocycles. The van der Waals surface area contributed by atoms with Crippen molar-refractivity contribution in [2.75, 3.05) is 6.54 Å². The van der Waals surface area contributed by atoms with E-state index in [0.29, 0.717) is 25.2 Å². The van der Waals surface area contributed by atoms with Crippen LogP contribution in [-0.2, 0) is 13.0 Å². The van der Waals surface area contributed by atoms with E-state index in [1.54, 1.807) is 48.0 Å². The van der Waals surface area contributed by atoms with Gasteiger partial charge in [0.05, 0.1) is 24.8 Å². The molecule has 0 saturated carbocycles. The van der Waals surface area contributed by atoms with Gasteiger partial charge in [-0.25, -0.2) is 9.37 Å². The highest BCUT2D eigenvalue weighted by atomic mass is 19.1. The predicted octanol–water partition coefficient (Wildman–Crippen LogP) is 3.00. The lowest BCUT2D eigenvalue weighted by molar-refractivity contribution is 0.0725. The summed E-state index contributed by atoms with van der Waals surface area (Å²) in [7, 11) is 0. The number of aromatic nitrogens is 5. The van der Waals surface area contributed by atoms with E-state index >= 15 is 0 Å². The molecule has 0 radical (unpaired) electrons. The van der Waals surface area contributed by atoms with Crippen LogP contribution in [0, 0.1) is 5.82 Å². The Morgan fingerprint density at radius 3 is 2.62 bits per heavy atom. The molecule has 144 valence electrons. The number of rotatable bonds is 3. The first kappa shape index (κ1) is 17.3. The molecule has 3 aromatic heterocycles. The highest BCUT2D eigenvalue weighted by Crippen LogP contribution is 2.23. The number of pyridine rings is 1. The number of imidazole rings is 1. The maximum atomic E-state index is 13.2. The zero-order valence-corrected chi connectivity index (χ0v) is 15.4. The Labute approximate surface area is 165 Å². The quantitative estimate of drug-likeness (QED) is 0.585. The fraction of sp³-hybridized carbons (Fsp3) is 0.143. The highest BCUT2D eigenvalue weighted by molar-refractivity contribution is 5.92. The van der Waals surface area contributed by atoms with Crippen LogP contribution in [0.1, 0.15) is 21.9 Å². The monoisotopic (exact) mass is 388 g/mol. The molecule has 29 heavy (non-hydrogen) atoms. The summed E-state index contributed by atoms with van der Waals surface area (Å²) in [5.41, 5.74) is 4.97. The number of H-pyrrole nitrogens is 1. The van der Waals surface area contributed by atoms with Crippen LogP contribution in [0.25, 0.3) is 16.8 Å². The minimum atomic E-state index is -0.272. The summed E-state index contributed by atoms with van der Waals surface area (Å²) in [6, 6.07) is 9.90. The second-order valence-corrected chi connectivity index (χ2v) is 6.88. The van der Waals surface area contributed by atoms with Gasteiger partial charge in [-0.15, -0.1) is 0 Å². The number of hydrogen-bond acceptors (Lipinski definition) is 4. The van der Waals surface area contributed by atoms with Gasteiger partial charge in [0.15, 0.2) is 0 Å². The summed E-state index contributed by atoms with van der Waals surface area (Å²) in [5, 5.41) is 6.69. The highest BCUT2D eigenvalue weighted by Gasteiger charge is 2.26. The van der Waals surface area contributed by atoms with Gasteiger partial charge in [-0.3, -0.25) is 14.9 Å². The van der Waals surface area contributed by atoms with E-state index in [0.717, 1.165) is 28.2 Å². The molecule has 5 rings (SSSR count). The standard InChI is InChI=1S/C21H17FN6O/c22-16-2-4-17(5-3-16)28-13-24-19-12-27(8-7-20(19)28)21(29)18-6-1-14(9-23-18)15-10-25-26-11-15/h1-6,9-11,13H,7-8,12H2,(H,25,26). The number of halogens is 1. The second kappa shape index (κ2) is 6.97. The first-order valence-corrected chi connectivity index (χ1v) is 9.24. The molecular weight excluding hydrogens is 371 g/mol. The van der Waals surface area contributed by atoms with E-state index in [2.05, 4.69) is 20.2 Å². The number of amides is 1. The molecule has 0 spiro atoms. The fourth-order valence-electron chi connectivity index (χ4n) is 3.57. The molecule has 1 aromatic carbocycles. The lowest BCUT2D eigenvalue weighted by Crippen LogP contribution is -2.36. The molecule has 4 aromatic rings. The van der Waals surface area contributed by atoms with E-state index in [-0.39, 0.29) is 11.7 Å². The van der Waals surface area contributed by atoms with Gasteiger partial charge in [-0.05, 0) is 30.3 Å². The van der Waals surface area contributed by atoms with Crippen LogP contribution in [0.5, 0.6) is 0 Å². The SMILES string of the molecule is O=C(c1ccc(-c2cn[nH]c2)cn1)N1CCc2c(ncn2-c2ccc(F)cc2)C1. The lowest BCUT2D eigenvalue weighted by atomic mass is 10.1. The molecule has 7 nitrogen and oxygen atoms in total. The lowest BCUT2D eigenvalue weighted by Gasteiger charge is -2.27. The number of carbonyl (C=O) groups is 1. The molecule has 1 amide bonds. The number of fused-ring (bicyclic) bond motifs is 1. The van der Waals surface area contributed by atoms with E-state index in [9.17, 15) is 9.18 Å². The summed E-state index contributed by atoms with van der Waals surface area (Å²) in [5.74, 6) is -0.392. The number of nitrogens with one attached hydrogen (secondary N) is 1. The third-order valence-electron chi connectivity index (χ3n) is 5.12. The first-order chi connectivity index (χ1) is 14.2. The van der Waals surface area contributed by atoms with Gasteiger partial charge >= 0.3 is 0 Å². The van der Waals surface area contributed by atoms with Crippen molar-refractivity contribution in [3.05, 3.63) is 84.2 Å². The minimum Gasteiger partial charge on any atom is -0.331 e. The normalized spacial score (nSPS) is 13.3. The topological polar surface area (TPSA) is 79.7 Å². The molecule has 1 aliphatic rings. The van der Waals surface area contributed by atoms with Gasteiger partial charge in [0.25, 0.3) is 5.91 Å². The molecule has 0 bridgehead atoms. The predicted molar refractivity (Wildman–Crippen MR) is 104 cm³/mol. The van der Waals surface area contributed by atoms with Crippen molar-refractivity contribution in [2.45, 2.75) is 13.0 Å². The van der Waals surface area contributed by atoms with Crippen LogP contribution in [0.15, 0.2) is 61.3 Å². The number of nitrogens with zero attached hydrogens (tertiary/aromatic N) is 5. The first-order valence-electron chi connectivity index (χ1n) is 9.24. The molecule has 0 unspecified atom stereocenters. The molecule has 8 heteroatoms. The van der Waals surface area contributed by atoms with Crippen LogP contribution in [0.4, 0.5) is 4.39 Å². The number of carbonyl (C=O) groups excluding carboxylic acids is 1. The third kappa shape index (κ3) is 3.18. The number of benzene rings is 1. The van der Waals surface area contributed by atoms with Crippen molar-refractivity contribution < 1.29 is 9.18 Å². The Hall–Kier alpha value is -3.81. The average molecular weight is 388 g/mol. The summed E-state index contributed by atoms with van der Waals surface area (Å²) in [6.07, 6.45) is 7.57. The van der Waals surface area contributed by atoms with Crippen molar-refractivity contribution in [3.63, 3.8) is 0 Å². The van der Waals surface area contributed by atoms with E-state index < -0.39 is 0 Å². The summed E-state index contributed by atoms with van der Waals surface area (Å²) in [4.78, 5) is 23.5. The molecule has 4 heterocycles. The van der Waals surface area contributed by atoms with Gasteiger partial charge in [-0.1, -0.05) is 6.07 Å². The summed E-state index contributed by atoms with van der Waals surface area (Å²) in [6.45, 7) is 0.997. The van der Waals surface area contributed by atoms with E-state index in [1.165, 1.54) is 12.1 Å². The fourth-order valence-corrected chi connectivity index (χ4v) is 3.57. The maximum Gasteiger partial charge on any atom is 0.272 e. The molecule has 1 aliphatic heterocycles. The van der Waals surface area contributed by atoms with Crippen LogP contribution in [-0.4, -0.2) is 42.1 Å². The third-order valence-corrected chi connectivity index (χ3v) is 5.12. The number of hydrogen-bond donors (Lipinski definition) is 1. The van der Waals surface area contributed by atoms with Crippen molar-refractivity contribution in [2.24, 2.45) is 0 Å². The van der Waals surface area contributed by atoms with Gasteiger partial charge < -0.3 is 9.47 Å². The molecule has 0 atom stereocenters. The second-order valence-electron chi connectivity index (χ2n) is 6.88. The smallest absolute Gasteiger partial charge is 0.272 e. The Kier molecular flexibility index (Phi) is 4.16. The summed E-state index contributed by atoms with van der Waals surface area (Å²) < 4.78 is 15.1. The average Bonchev–Trinajstić information content (AvgIpc) is 3.44. The van der Waals surface area contributed by atoms with Gasteiger partial charge in [-0.2, -0.15) is 5.10 Å². The Balaban J connectivity index is 1.34. The zero-order valence-electron chi connectivity index (χ0n) is 15.4. The van der Waals surface area contributed by atoms with Gasteiger partial charge in [0, 0.05) is 47.9 Å². The Morgan fingerprint density at radius 1 is 1.03 bits per heavy atom. The van der Waals surface area contributed by atoms with Crippen LogP contribution in [0.3, 0.4) is 0 Å². The molecular formula is C21H17FN6O. The summed E-state index contributed by atoms with van der Waals surface area (Å²) >= 11 is 0. The van der Waals surface area contributed by atoms with Crippen LogP contribution in [0.2, 0.25) is 0 Å². The minimum absolute atomic E-state index is 0.120. The van der Waals surface area contributed by atoms with Gasteiger partial charge in [0.2, 0.25) is 0 Å². The van der Waals surface area contributed by atoms with Crippen LogP contribution >= 0.6 is 0 Å². The maximum absolute atomic E-state index is 13.2. The van der Waals surface area contributed by atoms with Crippen molar-refractivity contribution in [1.29, 1.82) is 0 Å². The number of aromatic amines is 1. The largest absolute Gasteiger partial charge is 0.331 e. The van der Waals surface area contributed by atoms with Crippen molar-refractivity contribution >= 4 is 5.91 Å². The zero-order chi connectivity index (χ0) is 19.8. The molecule has 0 fully saturated rings. The van der Waals surface area contributed by atoms with Crippen molar-refractivity contribution in [3.8, 4) is 16.8 Å². The Bertz CT molecular complexity index is 1150.